The summed E-state index contributed by atoms with van der Waals surface area (Å²) < 4.78 is 5.16. The van der Waals surface area contributed by atoms with Crippen molar-refractivity contribution in [3.8, 4) is 0 Å². The summed E-state index contributed by atoms with van der Waals surface area (Å²) in [5, 5.41) is 8.89. The molecule has 0 aliphatic heterocycles. The number of carboxylic acid groups (broad SMARTS) is 1. The van der Waals surface area contributed by atoms with Crippen molar-refractivity contribution in [2.24, 2.45) is 0 Å². The zero-order valence-corrected chi connectivity index (χ0v) is 12.0. The highest BCUT2D eigenvalue weighted by Gasteiger charge is 2.22. The molecular weight excluding hydrogens is 270 g/mol. The predicted octanol–water partition coefficient (Wildman–Crippen LogP) is 3.02. The third-order valence-corrected chi connectivity index (χ3v) is 3.29. The number of carbonyl (C=O) groups is 2. The lowest BCUT2D eigenvalue weighted by molar-refractivity contribution is -0.136. The monoisotopic (exact) mass is 287 g/mol. The molecule has 5 nitrogen and oxygen atoms in total. The summed E-state index contributed by atoms with van der Waals surface area (Å²) in [7, 11) is 0. The van der Waals surface area contributed by atoms with Gasteiger partial charge in [-0.15, -0.1) is 0 Å². The molecule has 2 rings (SSSR count). The number of amides is 1. The van der Waals surface area contributed by atoms with Gasteiger partial charge in [0.15, 0.2) is 0 Å². The van der Waals surface area contributed by atoms with E-state index in [-0.39, 0.29) is 18.9 Å². The van der Waals surface area contributed by atoms with E-state index in [2.05, 4.69) is 0 Å². The van der Waals surface area contributed by atoms with Gasteiger partial charge < -0.3 is 14.4 Å². The van der Waals surface area contributed by atoms with Gasteiger partial charge in [-0.05, 0) is 31.5 Å². The van der Waals surface area contributed by atoms with E-state index < -0.39 is 5.97 Å². The fourth-order valence-corrected chi connectivity index (χ4v) is 2.16. The number of aliphatic carboxylic acids is 1. The van der Waals surface area contributed by atoms with Gasteiger partial charge in [-0.3, -0.25) is 9.59 Å². The number of rotatable bonds is 5. The molecule has 0 saturated carbocycles. The summed E-state index contributed by atoms with van der Waals surface area (Å²) in [6.45, 7) is 3.71. The molecule has 0 bridgehead atoms. The number of para-hydroxylation sites is 1. The van der Waals surface area contributed by atoms with Crippen LogP contribution in [-0.2, 0) is 4.79 Å². The summed E-state index contributed by atoms with van der Waals surface area (Å²) in [4.78, 5) is 25.0. The van der Waals surface area contributed by atoms with Crippen molar-refractivity contribution in [3.63, 3.8) is 0 Å². The maximum absolute atomic E-state index is 12.7. The van der Waals surface area contributed by atoms with E-state index in [1.54, 1.807) is 13.0 Å². The van der Waals surface area contributed by atoms with Gasteiger partial charge in [0.25, 0.3) is 5.91 Å². The Balaban J connectivity index is 2.37. The molecule has 0 aliphatic carbocycles. The molecule has 1 heterocycles. The highest BCUT2D eigenvalue weighted by Crippen LogP contribution is 2.23. The first-order valence-corrected chi connectivity index (χ1v) is 6.64. The number of carboxylic acids is 1. The number of hydrogen-bond acceptors (Lipinski definition) is 3. The molecule has 0 fully saturated rings. The van der Waals surface area contributed by atoms with Crippen LogP contribution in [0.1, 0.15) is 28.1 Å². The zero-order valence-electron chi connectivity index (χ0n) is 12.0. The lowest BCUT2D eigenvalue weighted by Gasteiger charge is -2.23. The molecule has 0 unspecified atom stereocenters. The standard InChI is InChI=1S/C16H17NO4/c1-11-5-3-4-6-14(11)17(9-7-15(18)19)16(20)13-8-10-21-12(13)2/h3-6,8,10H,7,9H2,1-2H3,(H,18,19). The first-order valence-electron chi connectivity index (χ1n) is 6.64. The number of aryl methyl sites for hydroxylation is 2. The van der Waals surface area contributed by atoms with Gasteiger partial charge in [0.1, 0.15) is 5.76 Å². The molecule has 0 spiro atoms. The number of furan rings is 1. The van der Waals surface area contributed by atoms with Crippen LogP contribution in [0.3, 0.4) is 0 Å². The Morgan fingerprint density at radius 2 is 1.90 bits per heavy atom. The molecule has 21 heavy (non-hydrogen) atoms. The third kappa shape index (κ3) is 3.31. The van der Waals surface area contributed by atoms with E-state index in [1.165, 1.54) is 11.2 Å². The van der Waals surface area contributed by atoms with Crippen LogP contribution in [0, 0.1) is 13.8 Å². The maximum atomic E-state index is 12.7. The summed E-state index contributed by atoms with van der Waals surface area (Å²) in [6, 6.07) is 9.00. The van der Waals surface area contributed by atoms with Gasteiger partial charge in [-0.2, -0.15) is 0 Å². The van der Waals surface area contributed by atoms with Crippen LogP contribution >= 0.6 is 0 Å². The largest absolute Gasteiger partial charge is 0.481 e. The Hall–Kier alpha value is -2.56. The molecule has 5 heteroatoms. The average molecular weight is 287 g/mol. The number of anilines is 1. The summed E-state index contributed by atoms with van der Waals surface area (Å²) in [6.07, 6.45) is 1.34. The van der Waals surface area contributed by atoms with Crippen LogP contribution in [0.5, 0.6) is 0 Å². The molecule has 0 atom stereocenters. The van der Waals surface area contributed by atoms with Crippen molar-refractivity contribution in [3.05, 3.63) is 53.5 Å². The van der Waals surface area contributed by atoms with Crippen LogP contribution in [0.25, 0.3) is 0 Å². The van der Waals surface area contributed by atoms with Crippen molar-refractivity contribution < 1.29 is 19.1 Å². The first-order chi connectivity index (χ1) is 10.0. The quantitative estimate of drug-likeness (QED) is 0.917. The number of benzene rings is 1. The molecular formula is C16H17NO4. The van der Waals surface area contributed by atoms with Gasteiger partial charge in [0, 0.05) is 12.2 Å². The Labute approximate surface area is 122 Å². The SMILES string of the molecule is Cc1ccccc1N(CCC(=O)O)C(=O)c1ccoc1C. The second-order valence-corrected chi connectivity index (χ2v) is 4.78. The van der Waals surface area contributed by atoms with Crippen molar-refractivity contribution in [1.82, 2.24) is 0 Å². The molecule has 0 radical (unpaired) electrons. The second-order valence-electron chi connectivity index (χ2n) is 4.78. The van der Waals surface area contributed by atoms with Gasteiger partial charge in [0.05, 0.1) is 18.2 Å². The van der Waals surface area contributed by atoms with Crippen LogP contribution < -0.4 is 4.90 Å². The fourth-order valence-electron chi connectivity index (χ4n) is 2.16. The Kier molecular flexibility index (Phi) is 4.42. The number of nitrogens with zero attached hydrogens (tertiary/aromatic N) is 1. The van der Waals surface area contributed by atoms with E-state index in [4.69, 9.17) is 9.52 Å². The molecule has 0 aliphatic rings. The highest BCUT2D eigenvalue weighted by molar-refractivity contribution is 6.07. The summed E-state index contributed by atoms with van der Waals surface area (Å²) in [5.41, 5.74) is 2.07. The number of hydrogen-bond donors (Lipinski definition) is 1. The molecule has 1 N–H and O–H groups in total. The van der Waals surface area contributed by atoms with Crippen molar-refractivity contribution >= 4 is 17.6 Å². The van der Waals surface area contributed by atoms with Crippen LogP contribution in [0.2, 0.25) is 0 Å². The predicted molar refractivity (Wildman–Crippen MR) is 78.6 cm³/mol. The minimum Gasteiger partial charge on any atom is -0.481 e. The van der Waals surface area contributed by atoms with E-state index in [0.717, 1.165) is 5.56 Å². The number of carbonyl (C=O) groups excluding carboxylic acids is 1. The van der Waals surface area contributed by atoms with Crippen LogP contribution in [0.4, 0.5) is 5.69 Å². The topological polar surface area (TPSA) is 70.8 Å². The molecule has 1 amide bonds. The average Bonchev–Trinajstić information content (AvgIpc) is 2.86. The van der Waals surface area contributed by atoms with E-state index in [9.17, 15) is 9.59 Å². The fraction of sp³-hybridized carbons (Fsp3) is 0.250. The van der Waals surface area contributed by atoms with Gasteiger partial charge in [-0.1, -0.05) is 18.2 Å². The molecule has 1 aromatic carbocycles. The lowest BCUT2D eigenvalue weighted by atomic mass is 10.1. The first kappa shape index (κ1) is 14.8. The van der Waals surface area contributed by atoms with E-state index >= 15 is 0 Å². The smallest absolute Gasteiger partial charge is 0.305 e. The van der Waals surface area contributed by atoms with Crippen molar-refractivity contribution in [2.75, 3.05) is 11.4 Å². The van der Waals surface area contributed by atoms with Gasteiger partial charge in [-0.25, -0.2) is 0 Å². The minimum absolute atomic E-state index is 0.114. The Morgan fingerprint density at radius 3 is 2.48 bits per heavy atom. The van der Waals surface area contributed by atoms with E-state index in [0.29, 0.717) is 17.0 Å². The minimum atomic E-state index is -0.940. The summed E-state index contributed by atoms with van der Waals surface area (Å²) in [5.74, 6) is -0.670. The van der Waals surface area contributed by atoms with E-state index in [1.807, 2.05) is 31.2 Å². The van der Waals surface area contributed by atoms with Gasteiger partial charge in [0.2, 0.25) is 0 Å². The van der Waals surface area contributed by atoms with Crippen LogP contribution in [0.15, 0.2) is 41.0 Å². The summed E-state index contributed by atoms with van der Waals surface area (Å²) >= 11 is 0. The zero-order chi connectivity index (χ0) is 15.4. The van der Waals surface area contributed by atoms with Crippen molar-refractivity contribution in [2.45, 2.75) is 20.3 Å². The Morgan fingerprint density at radius 1 is 1.19 bits per heavy atom. The molecule has 110 valence electrons. The molecule has 1 aromatic heterocycles. The lowest BCUT2D eigenvalue weighted by Crippen LogP contribution is -2.33. The highest BCUT2D eigenvalue weighted by atomic mass is 16.4. The Bertz CT molecular complexity index is 660. The second kappa shape index (κ2) is 6.26. The maximum Gasteiger partial charge on any atom is 0.305 e. The molecule has 0 saturated heterocycles. The van der Waals surface area contributed by atoms with Gasteiger partial charge >= 0.3 is 5.97 Å². The normalized spacial score (nSPS) is 10.4. The third-order valence-electron chi connectivity index (χ3n) is 3.29. The van der Waals surface area contributed by atoms with Crippen LogP contribution in [-0.4, -0.2) is 23.5 Å². The van der Waals surface area contributed by atoms with Crippen molar-refractivity contribution in [1.29, 1.82) is 0 Å². The molecule has 2 aromatic rings.